The zero-order chi connectivity index (χ0) is 24.9. The largest absolute Gasteiger partial charge is 0.497 e. The van der Waals surface area contributed by atoms with Gasteiger partial charge in [-0.15, -0.1) is 23.5 Å². The van der Waals surface area contributed by atoms with Crippen molar-refractivity contribution >= 4 is 52.5 Å². The number of hydrogen-bond donors (Lipinski definition) is 2. The van der Waals surface area contributed by atoms with E-state index in [4.69, 9.17) is 4.74 Å². The fraction of sp³-hybridized carbons (Fsp3) is 0.143. The number of urea groups is 1. The van der Waals surface area contributed by atoms with Crippen molar-refractivity contribution in [2.45, 2.75) is 21.1 Å². The molecule has 3 amide bonds. The van der Waals surface area contributed by atoms with E-state index in [1.807, 2.05) is 77.7 Å². The number of hydrogen-bond acceptors (Lipinski definition) is 5. The Morgan fingerprint density at radius 2 is 1.72 bits per heavy atom. The van der Waals surface area contributed by atoms with Crippen LogP contribution in [0.1, 0.15) is 0 Å². The Kier molecular flexibility index (Phi) is 7.34. The maximum absolute atomic E-state index is 13.5. The Hall–Kier alpha value is -3.62. The van der Waals surface area contributed by atoms with Gasteiger partial charge in [-0.2, -0.15) is 0 Å². The number of benzene rings is 3. The van der Waals surface area contributed by atoms with Gasteiger partial charge in [0.2, 0.25) is 5.91 Å². The summed E-state index contributed by atoms with van der Waals surface area (Å²) in [5.41, 5.74) is 2.27. The molecule has 1 aliphatic carbocycles. The van der Waals surface area contributed by atoms with Crippen molar-refractivity contribution in [3.05, 3.63) is 97.1 Å². The van der Waals surface area contributed by atoms with Crippen LogP contribution in [0.25, 0.3) is 0 Å². The summed E-state index contributed by atoms with van der Waals surface area (Å²) in [5, 5.41) is 6.11. The van der Waals surface area contributed by atoms with Crippen LogP contribution in [0.4, 0.5) is 21.9 Å². The van der Waals surface area contributed by atoms with Crippen molar-refractivity contribution in [2.75, 3.05) is 28.4 Å². The van der Waals surface area contributed by atoms with Gasteiger partial charge in [0.05, 0.1) is 29.8 Å². The summed E-state index contributed by atoms with van der Waals surface area (Å²) >= 11 is 3.18. The molecule has 3 aromatic carbocycles. The lowest BCUT2D eigenvalue weighted by Gasteiger charge is -2.40. The average Bonchev–Trinajstić information content (AvgIpc) is 2.90. The summed E-state index contributed by atoms with van der Waals surface area (Å²) in [6.45, 7) is 0. The molecular weight excluding hydrogens is 490 g/mol. The van der Waals surface area contributed by atoms with Crippen LogP contribution < -0.4 is 20.3 Å². The second kappa shape index (κ2) is 11.0. The number of amides is 3. The number of carbonyl (C=O) groups excluding carboxylic acids is 2. The molecule has 0 spiro atoms. The highest BCUT2D eigenvalue weighted by molar-refractivity contribution is 8.00. The quantitative estimate of drug-likeness (QED) is 0.370. The summed E-state index contributed by atoms with van der Waals surface area (Å²) in [6.07, 6.45) is 8.23. The first kappa shape index (κ1) is 24.1. The van der Waals surface area contributed by atoms with E-state index in [-0.39, 0.29) is 29.0 Å². The first-order valence-electron chi connectivity index (χ1n) is 11.5. The zero-order valence-corrected chi connectivity index (χ0v) is 21.2. The van der Waals surface area contributed by atoms with E-state index in [2.05, 4.69) is 28.9 Å². The fourth-order valence-electron chi connectivity index (χ4n) is 4.12. The second-order valence-electron chi connectivity index (χ2n) is 8.21. The Morgan fingerprint density at radius 1 is 0.944 bits per heavy atom. The molecule has 5 rings (SSSR count). The van der Waals surface area contributed by atoms with Crippen molar-refractivity contribution in [2.24, 2.45) is 0 Å². The Balaban J connectivity index is 1.25. The normalized spacial score (nSPS) is 17.6. The number of thioether (sulfide) groups is 2. The minimum absolute atomic E-state index is 0.0623. The number of carbonyl (C=O) groups is 2. The summed E-state index contributed by atoms with van der Waals surface area (Å²) in [7, 11) is 1.59. The van der Waals surface area contributed by atoms with Crippen LogP contribution in [0, 0.1) is 0 Å². The van der Waals surface area contributed by atoms with Gasteiger partial charge >= 0.3 is 6.03 Å². The molecule has 0 fully saturated rings. The predicted octanol–water partition coefficient (Wildman–Crippen LogP) is 6.43. The highest BCUT2D eigenvalue weighted by atomic mass is 32.2. The molecule has 2 N–H and O–H groups in total. The lowest BCUT2D eigenvalue weighted by Crippen LogP contribution is -2.49. The number of ether oxygens (including phenoxy) is 1. The first-order chi connectivity index (χ1) is 17.6. The van der Waals surface area contributed by atoms with Crippen LogP contribution in [-0.4, -0.2) is 36.1 Å². The fourth-order valence-corrected chi connectivity index (χ4v) is 6.13. The van der Waals surface area contributed by atoms with Gasteiger partial charge in [-0.3, -0.25) is 9.69 Å². The molecule has 2 unspecified atom stereocenters. The molecule has 6 nitrogen and oxygen atoms in total. The van der Waals surface area contributed by atoms with Crippen LogP contribution >= 0.6 is 23.5 Å². The zero-order valence-electron chi connectivity index (χ0n) is 19.6. The molecule has 0 bridgehead atoms. The third-order valence-electron chi connectivity index (χ3n) is 5.77. The van der Waals surface area contributed by atoms with Gasteiger partial charge in [-0.25, -0.2) is 4.79 Å². The number of anilines is 3. The van der Waals surface area contributed by atoms with E-state index in [1.165, 1.54) is 11.8 Å². The van der Waals surface area contributed by atoms with Crippen LogP contribution in [0.5, 0.6) is 5.75 Å². The van der Waals surface area contributed by atoms with Gasteiger partial charge in [0, 0.05) is 27.2 Å². The topological polar surface area (TPSA) is 70.7 Å². The molecule has 182 valence electrons. The standard InChI is InChI=1S/C28H25N3O3S2/c1-34-21-10-6-8-19(16-21)29-27(32)18-35-22-11-7-9-20(17-22)30-28(33)31-23-12-2-4-14-25(23)36-26-15-5-3-13-24(26)31/h2-17,23,25H,18H2,1H3,(H,29,32)(H,30,33). The number of fused-ring (bicyclic) bond motifs is 2. The first-order valence-corrected chi connectivity index (χ1v) is 13.3. The van der Waals surface area contributed by atoms with E-state index in [1.54, 1.807) is 24.9 Å². The number of nitrogens with zero attached hydrogens (tertiary/aromatic N) is 1. The molecule has 36 heavy (non-hydrogen) atoms. The lowest BCUT2D eigenvalue weighted by molar-refractivity contribution is -0.113. The van der Waals surface area contributed by atoms with Gasteiger partial charge in [0.1, 0.15) is 5.75 Å². The van der Waals surface area contributed by atoms with Crippen molar-refractivity contribution in [3.63, 3.8) is 0 Å². The maximum atomic E-state index is 13.5. The number of allylic oxidation sites excluding steroid dienone is 2. The smallest absolute Gasteiger partial charge is 0.326 e. The van der Waals surface area contributed by atoms with E-state index >= 15 is 0 Å². The van der Waals surface area contributed by atoms with Crippen LogP contribution in [0.15, 0.2) is 107 Å². The van der Waals surface area contributed by atoms with E-state index < -0.39 is 0 Å². The van der Waals surface area contributed by atoms with E-state index in [0.29, 0.717) is 17.1 Å². The number of nitrogens with one attached hydrogen (secondary N) is 2. The molecule has 3 aromatic rings. The molecule has 0 saturated heterocycles. The maximum Gasteiger partial charge on any atom is 0.326 e. The summed E-state index contributed by atoms with van der Waals surface area (Å²) in [4.78, 5) is 29.7. The van der Waals surface area contributed by atoms with Crippen molar-refractivity contribution in [1.82, 2.24) is 0 Å². The number of rotatable bonds is 6. The van der Waals surface area contributed by atoms with E-state index in [9.17, 15) is 9.59 Å². The second-order valence-corrected chi connectivity index (χ2v) is 10.5. The minimum atomic E-state index is -0.185. The molecule has 2 atom stereocenters. The van der Waals surface area contributed by atoms with Crippen molar-refractivity contribution in [1.29, 1.82) is 0 Å². The number of methoxy groups -OCH3 is 1. The van der Waals surface area contributed by atoms with Crippen LogP contribution in [0.2, 0.25) is 0 Å². The third kappa shape index (κ3) is 5.45. The molecule has 8 heteroatoms. The van der Waals surface area contributed by atoms with Crippen molar-refractivity contribution < 1.29 is 14.3 Å². The molecule has 1 heterocycles. The van der Waals surface area contributed by atoms with E-state index in [0.717, 1.165) is 15.5 Å². The van der Waals surface area contributed by atoms with Gasteiger partial charge in [-0.05, 0) is 42.5 Å². The summed E-state index contributed by atoms with van der Waals surface area (Å²) < 4.78 is 5.20. The highest BCUT2D eigenvalue weighted by Gasteiger charge is 2.36. The minimum Gasteiger partial charge on any atom is -0.497 e. The van der Waals surface area contributed by atoms with Crippen LogP contribution in [0.3, 0.4) is 0 Å². The van der Waals surface area contributed by atoms with Crippen molar-refractivity contribution in [3.8, 4) is 5.75 Å². The number of para-hydroxylation sites is 1. The Bertz CT molecular complexity index is 1340. The molecule has 0 saturated carbocycles. The summed E-state index contributed by atoms with van der Waals surface area (Å²) in [6, 6.07) is 22.5. The Morgan fingerprint density at radius 3 is 2.58 bits per heavy atom. The monoisotopic (exact) mass is 515 g/mol. The molecule has 0 aromatic heterocycles. The molecule has 2 aliphatic rings. The Labute approximate surface area is 218 Å². The van der Waals surface area contributed by atoms with Gasteiger partial charge in [0.25, 0.3) is 0 Å². The van der Waals surface area contributed by atoms with Gasteiger partial charge in [0.15, 0.2) is 0 Å². The van der Waals surface area contributed by atoms with Gasteiger partial charge < -0.3 is 15.4 Å². The lowest BCUT2D eigenvalue weighted by atomic mass is 10.1. The molecule has 1 aliphatic heterocycles. The van der Waals surface area contributed by atoms with Crippen LogP contribution in [-0.2, 0) is 4.79 Å². The SMILES string of the molecule is COc1cccc(NC(=O)CSc2cccc(NC(=O)N3c4ccccc4SC4C=CC=CC43)c2)c1. The third-order valence-corrected chi connectivity index (χ3v) is 8.07. The van der Waals surface area contributed by atoms with Gasteiger partial charge in [-0.1, -0.05) is 48.6 Å². The average molecular weight is 516 g/mol. The molecular formula is C28H25N3O3S2. The predicted molar refractivity (Wildman–Crippen MR) is 148 cm³/mol. The highest BCUT2D eigenvalue weighted by Crippen LogP contribution is 2.43. The summed E-state index contributed by atoms with van der Waals surface area (Å²) in [5.74, 6) is 0.810. The molecule has 0 radical (unpaired) electrons.